The van der Waals surface area contributed by atoms with Crippen molar-refractivity contribution in [3.8, 4) is 0 Å². The summed E-state index contributed by atoms with van der Waals surface area (Å²) in [5.74, 6) is 1.80. The Morgan fingerprint density at radius 3 is 2.90 bits per heavy atom. The zero-order chi connectivity index (χ0) is 14.8. The monoisotopic (exact) mass is 308 g/mol. The van der Waals surface area contributed by atoms with Crippen molar-refractivity contribution in [2.75, 3.05) is 5.32 Å². The van der Waals surface area contributed by atoms with Crippen LogP contribution >= 0.6 is 11.6 Å². The van der Waals surface area contributed by atoms with Gasteiger partial charge in [0, 0.05) is 6.54 Å². The summed E-state index contributed by atoms with van der Waals surface area (Å²) in [6.07, 6.45) is 6.71. The van der Waals surface area contributed by atoms with Crippen molar-refractivity contribution >= 4 is 17.3 Å². The molecule has 21 heavy (non-hydrogen) atoms. The fraction of sp³-hybridized carbons (Fsp3) is 0.500. The van der Waals surface area contributed by atoms with Gasteiger partial charge in [0.15, 0.2) is 0 Å². The van der Waals surface area contributed by atoms with Crippen molar-refractivity contribution in [1.29, 1.82) is 0 Å². The molecule has 0 unspecified atom stereocenters. The predicted octanol–water partition coefficient (Wildman–Crippen LogP) is 2.61. The van der Waals surface area contributed by atoms with Gasteiger partial charge in [-0.15, -0.1) is 0 Å². The second kappa shape index (κ2) is 5.89. The summed E-state index contributed by atoms with van der Waals surface area (Å²) in [5, 5.41) is 7.42. The predicted molar refractivity (Wildman–Crippen MR) is 79.4 cm³/mol. The van der Waals surface area contributed by atoms with Gasteiger partial charge in [-0.2, -0.15) is 5.10 Å². The lowest BCUT2D eigenvalue weighted by Gasteiger charge is -2.25. The maximum atomic E-state index is 12.4. The van der Waals surface area contributed by atoms with Crippen LogP contribution < -0.4 is 10.9 Å². The summed E-state index contributed by atoms with van der Waals surface area (Å²) in [5.41, 5.74) is 0.152. The molecular formula is C14H17ClN4O2. The van der Waals surface area contributed by atoms with Crippen molar-refractivity contribution in [3.05, 3.63) is 39.4 Å². The summed E-state index contributed by atoms with van der Waals surface area (Å²) in [6.45, 7) is 2.79. The van der Waals surface area contributed by atoms with Crippen molar-refractivity contribution in [3.63, 3.8) is 0 Å². The summed E-state index contributed by atoms with van der Waals surface area (Å²) < 4.78 is 6.85. The first kappa shape index (κ1) is 14.1. The van der Waals surface area contributed by atoms with E-state index >= 15 is 0 Å². The third-order valence-electron chi connectivity index (χ3n) is 3.74. The smallest absolute Gasteiger partial charge is 0.291 e. The third kappa shape index (κ3) is 3.10. The van der Waals surface area contributed by atoms with Crippen LogP contribution in [-0.4, -0.2) is 14.8 Å². The molecule has 0 amide bonds. The fourth-order valence-electron chi connectivity index (χ4n) is 2.33. The Hall–Kier alpha value is -1.82. The van der Waals surface area contributed by atoms with Gasteiger partial charge < -0.3 is 9.73 Å². The Morgan fingerprint density at radius 2 is 2.29 bits per heavy atom. The van der Waals surface area contributed by atoms with Gasteiger partial charge >= 0.3 is 0 Å². The van der Waals surface area contributed by atoms with Crippen LogP contribution in [0, 0.1) is 12.8 Å². The first-order chi connectivity index (χ1) is 10.1. The second-order valence-corrected chi connectivity index (χ2v) is 5.78. The molecular weight excluding hydrogens is 292 g/mol. The molecule has 1 aliphatic carbocycles. The number of rotatable bonds is 5. The van der Waals surface area contributed by atoms with Crippen LogP contribution in [0.15, 0.2) is 21.6 Å². The van der Waals surface area contributed by atoms with Crippen LogP contribution in [0.4, 0.5) is 5.69 Å². The van der Waals surface area contributed by atoms with E-state index in [1.807, 2.05) is 6.92 Å². The molecule has 0 radical (unpaired) electrons. The average Bonchev–Trinajstić information content (AvgIpc) is 2.81. The van der Waals surface area contributed by atoms with Gasteiger partial charge in [0.05, 0.1) is 24.0 Å². The van der Waals surface area contributed by atoms with Gasteiger partial charge in [0.25, 0.3) is 5.56 Å². The minimum Gasteiger partial charge on any atom is -0.444 e. The van der Waals surface area contributed by atoms with Crippen LogP contribution in [0.25, 0.3) is 0 Å². The van der Waals surface area contributed by atoms with E-state index in [0.717, 1.165) is 18.6 Å². The molecule has 1 aliphatic rings. The molecule has 7 heteroatoms. The van der Waals surface area contributed by atoms with Crippen LogP contribution in [0.2, 0.25) is 5.02 Å². The highest BCUT2D eigenvalue weighted by Gasteiger charge is 2.20. The van der Waals surface area contributed by atoms with Crippen molar-refractivity contribution < 1.29 is 4.42 Å². The summed E-state index contributed by atoms with van der Waals surface area (Å²) in [4.78, 5) is 16.5. The molecule has 0 atom stereocenters. The van der Waals surface area contributed by atoms with E-state index in [9.17, 15) is 4.79 Å². The molecule has 3 rings (SSSR count). The van der Waals surface area contributed by atoms with Crippen molar-refractivity contribution in [2.45, 2.75) is 39.3 Å². The standard InChI is InChI=1S/C14H17ClN4O2/c1-9-5-16-12(21-9)7-17-13-11(15)6-18-19(14(13)20)8-10-3-2-4-10/h5-6,10,17H,2-4,7-8H2,1H3. The van der Waals surface area contributed by atoms with Gasteiger partial charge in [0.2, 0.25) is 5.89 Å². The minimum atomic E-state index is -0.197. The molecule has 2 heterocycles. The maximum Gasteiger partial charge on any atom is 0.291 e. The average molecular weight is 309 g/mol. The van der Waals surface area contributed by atoms with Crippen LogP contribution in [0.5, 0.6) is 0 Å². The van der Waals surface area contributed by atoms with Crippen molar-refractivity contribution in [2.24, 2.45) is 5.92 Å². The second-order valence-electron chi connectivity index (χ2n) is 5.37. The van der Waals surface area contributed by atoms with Gasteiger partial charge in [-0.05, 0) is 25.7 Å². The molecule has 2 aromatic heterocycles. The maximum absolute atomic E-state index is 12.4. The van der Waals surface area contributed by atoms with E-state index in [-0.39, 0.29) is 5.56 Å². The largest absolute Gasteiger partial charge is 0.444 e. The van der Waals surface area contributed by atoms with E-state index < -0.39 is 0 Å². The highest BCUT2D eigenvalue weighted by molar-refractivity contribution is 6.32. The topological polar surface area (TPSA) is 73.0 Å². The SMILES string of the molecule is Cc1cnc(CNc2c(Cl)cnn(CC3CCC3)c2=O)o1. The lowest BCUT2D eigenvalue weighted by Crippen LogP contribution is -2.30. The zero-order valence-electron chi connectivity index (χ0n) is 11.8. The van der Waals surface area contributed by atoms with Gasteiger partial charge in [-0.1, -0.05) is 18.0 Å². The molecule has 0 aliphatic heterocycles. The molecule has 1 N–H and O–H groups in total. The third-order valence-corrected chi connectivity index (χ3v) is 4.03. The molecule has 112 valence electrons. The molecule has 1 fully saturated rings. The summed E-state index contributed by atoms with van der Waals surface area (Å²) >= 11 is 6.07. The number of aromatic nitrogens is 3. The minimum absolute atomic E-state index is 0.197. The molecule has 0 spiro atoms. The number of anilines is 1. The molecule has 0 aromatic carbocycles. The Bertz CT molecular complexity index is 691. The van der Waals surface area contributed by atoms with Crippen LogP contribution in [-0.2, 0) is 13.1 Å². The van der Waals surface area contributed by atoms with Crippen LogP contribution in [0.1, 0.15) is 30.9 Å². The number of halogens is 1. The number of nitrogens with zero attached hydrogens (tertiary/aromatic N) is 3. The van der Waals surface area contributed by atoms with E-state index in [0.29, 0.717) is 35.6 Å². The number of hydrogen-bond acceptors (Lipinski definition) is 5. The van der Waals surface area contributed by atoms with E-state index in [2.05, 4.69) is 15.4 Å². The summed E-state index contributed by atoms with van der Waals surface area (Å²) in [6, 6.07) is 0. The lowest BCUT2D eigenvalue weighted by atomic mass is 9.85. The van der Waals surface area contributed by atoms with Gasteiger partial charge in [-0.3, -0.25) is 4.79 Å². The van der Waals surface area contributed by atoms with Gasteiger partial charge in [0.1, 0.15) is 11.4 Å². The Balaban J connectivity index is 1.76. The quantitative estimate of drug-likeness (QED) is 0.919. The zero-order valence-corrected chi connectivity index (χ0v) is 12.6. The van der Waals surface area contributed by atoms with E-state index in [1.54, 1.807) is 6.20 Å². The summed E-state index contributed by atoms with van der Waals surface area (Å²) in [7, 11) is 0. The highest BCUT2D eigenvalue weighted by Crippen LogP contribution is 2.27. The highest BCUT2D eigenvalue weighted by atomic mass is 35.5. The lowest BCUT2D eigenvalue weighted by molar-refractivity contribution is 0.262. The first-order valence-corrected chi connectivity index (χ1v) is 7.42. The normalized spacial score (nSPS) is 15.0. The fourth-order valence-corrected chi connectivity index (χ4v) is 2.52. The van der Waals surface area contributed by atoms with Crippen LogP contribution in [0.3, 0.4) is 0 Å². The molecule has 0 bridgehead atoms. The van der Waals surface area contributed by atoms with E-state index in [1.165, 1.54) is 17.3 Å². The molecule has 6 nitrogen and oxygen atoms in total. The number of oxazole rings is 1. The molecule has 0 saturated heterocycles. The first-order valence-electron chi connectivity index (χ1n) is 7.04. The Labute approximate surface area is 127 Å². The van der Waals surface area contributed by atoms with Crippen molar-refractivity contribution in [1.82, 2.24) is 14.8 Å². The number of hydrogen-bond donors (Lipinski definition) is 1. The van der Waals surface area contributed by atoms with Gasteiger partial charge in [-0.25, -0.2) is 9.67 Å². The number of nitrogens with one attached hydrogen (secondary N) is 1. The Morgan fingerprint density at radius 1 is 1.48 bits per heavy atom. The Kier molecular flexibility index (Phi) is 3.96. The van der Waals surface area contributed by atoms with E-state index in [4.69, 9.17) is 16.0 Å². The molecule has 1 saturated carbocycles. The molecule has 2 aromatic rings. The number of aryl methyl sites for hydroxylation is 1.